The predicted molar refractivity (Wildman–Crippen MR) is 94.6 cm³/mol. The Hall–Kier alpha value is -2.44. The van der Waals surface area contributed by atoms with E-state index in [1.165, 1.54) is 13.2 Å². The van der Waals surface area contributed by atoms with Crippen LogP contribution in [0, 0.1) is 0 Å². The number of phenols is 1. The summed E-state index contributed by atoms with van der Waals surface area (Å²) in [5.41, 5.74) is 1.01. The van der Waals surface area contributed by atoms with Crippen molar-refractivity contribution < 1.29 is 19.4 Å². The highest BCUT2D eigenvalue weighted by Crippen LogP contribution is 2.37. The van der Waals surface area contributed by atoms with E-state index in [1.54, 1.807) is 42.5 Å². The minimum atomic E-state index is -0.428. The number of hydrogen-bond donors (Lipinski definition) is 1. The van der Waals surface area contributed by atoms with Crippen LogP contribution >= 0.6 is 23.4 Å². The molecule has 2 amide bonds. The maximum absolute atomic E-state index is 12.5. The summed E-state index contributed by atoms with van der Waals surface area (Å²) in [6.07, 6.45) is 1.55. The Morgan fingerprint density at radius 2 is 2.00 bits per heavy atom. The number of carbonyl (C=O) groups is 2. The lowest BCUT2D eigenvalue weighted by Gasteiger charge is -2.12. The number of hydrogen-bond acceptors (Lipinski definition) is 5. The number of phenolic OH excluding ortho intramolecular Hbond substituents is 1. The summed E-state index contributed by atoms with van der Waals surface area (Å²) in [4.78, 5) is 26.0. The maximum Gasteiger partial charge on any atom is 0.298 e. The van der Waals surface area contributed by atoms with Gasteiger partial charge in [0.25, 0.3) is 11.1 Å². The molecule has 5 nitrogen and oxygen atoms in total. The molecule has 0 aromatic heterocycles. The summed E-state index contributed by atoms with van der Waals surface area (Å²) in [5.74, 6) is -0.137. The number of thioether (sulfide) groups is 1. The highest BCUT2D eigenvalue weighted by atomic mass is 35.5. The molecule has 2 aromatic rings. The Balaban J connectivity index is 1.92. The van der Waals surface area contributed by atoms with Crippen LogP contribution in [-0.2, 0) is 4.79 Å². The fourth-order valence-electron chi connectivity index (χ4n) is 2.25. The van der Waals surface area contributed by atoms with Gasteiger partial charge in [-0.25, -0.2) is 4.90 Å². The highest BCUT2D eigenvalue weighted by molar-refractivity contribution is 8.19. The molecule has 0 saturated carbocycles. The lowest BCUT2D eigenvalue weighted by atomic mass is 10.2. The van der Waals surface area contributed by atoms with Gasteiger partial charge in [-0.3, -0.25) is 9.59 Å². The zero-order valence-corrected chi connectivity index (χ0v) is 14.1. The van der Waals surface area contributed by atoms with E-state index in [0.29, 0.717) is 22.0 Å². The molecule has 24 heavy (non-hydrogen) atoms. The van der Waals surface area contributed by atoms with E-state index in [2.05, 4.69) is 0 Å². The van der Waals surface area contributed by atoms with Gasteiger partial charge in [0.1, 0.15) is 0 Å². The van der Waals surface area contributed by atoms with Gasteiger partial charge >= 0.3 is 0 Å². The zero-order chi connectivity index (χ0) is 17.3. The molecule has 0 bridgehead atoms. The van der Waals surface area contributed by atoms with Crippen LogP contribution < -0.4 is 9.64 Å². The van der Waals surface area contributed by atoms with Crippen molar-refractivity contribution in [2.45, 2.75) is 0 Å². The molecule has 0 aliphatic carbocycles. The van der Waals surface area contributed by atoms with Gasteiger partial charge in [-0.1, -0.05) is 23.7 Å². The minimum Gasteiger partial charge on any atom is -0.504 e. The topological polar surface area (TPSA) is 66.8 Å². The molecule has 0 radical (unpaired) electrons. The van der Waals surface area contributed by atoms with Gasteiger partial charge in [-0.05, 0) is 53.7 Å². The summed E-state index contributed by atoms with van der Waals surface area (Å²) in [6, 6.07) is 11.3. The van der Waals surface area contributed by atoms with Crippen molar-refractivity contribution in [3.63, 3.8) is 0 Å². The normalized spacial score (nSPS) is 16.1. The first-order chi connectivity index (χ1) is 11.5. The number of ether oxygens (including phenoxy) is 1. The standard InChI is InChI=1S/C17H12ClNO4S/c1-23-14-6-5-10(7-13(14)20)8-15-16(21)19(17(22)24-15)12-4-2-3-11(18)9-12/h2-9,20H,1H3/b15-8-. The van der Waals surface area contributed by atoms with E-state index in [-0.39, 0.29) is 10.7 Å². The van der Waals surface area contributed by atoms with Crippen molar-refractivity contribution in [2.75, 3.05) is 12.0 Å². The summed E-state index contributed by atoms with van der Waals surface area (Å²) < 4.78 is 4.98. The second kappa shape index (κ2) is 6.59. The molecular formula is C17H12ClNO4S. The molecule has 1 aliphatic heterocycles. The Kier molecular flexibility index (Phi) is 4.51. The van der Waals surface area contributed by atoms with E-state index in [4.69, 9.17) is 16.3 Å². The Labute approximate surface area is 147 Å². The number of halogens is 1. The Bertz CT molecular complexity index is 865. The van der Waals surface area contributed by atoms with Crippen LogP contribution in [0.4, 0.5) is 10.5 Å². The molecular weight excluding hydrogens is 350 g/mol. The number of aromatic hydroxyl groups is 1. The first-order valence-corrected chi connectivity index (χ1v) is 8.09. The Morgan fingerprint density at radius 3 is 2.67 bits per heavy atom. The fourth-order valence-corrected chi connectivity index (χ4v) is 3.28. The molecule has 0 spiro atoms. The number of amides is 2. The SMILES string of the molecule is COc1ccc(/C=C2\SC(=O)N(c3cccc(Cl)c3)C2=O)cc1O. The third-order valence-electron chi connectivity index (χ3n) is 3.36. The van der Waals surface area contributed by atoms with Crippen molar-refractivity contribution in [1.82, 2.24) is 0 Å². The summed E-state index contributed by atoms with van der Waals surface area (Å²) in [5, 5.41) is 9.85. The van der Waals surface area contributed by atoms with Crippen molar-refractivity contribution in [3.8, 4) is 11.5 Å². The third-order valence-corrected chi connectivity index (χ3v) is 4.47. The zero-order valence-electron chi connectivity index (χ0n) is 12.5. The van der Waals surface area contributed by atoms with E-state index < -0.39 is 11.1 Å². The lowest BCUT2D eigenvalue weighted by Crippen LogP contribution is -2.27. The number of nitrogens with zero attached hydrogens (tertiary/aromatic N) is 1. The summed E-state index contributed by atoms with van der Waals surface area (Å²) >= 11 is 6.76. The van der Waals surface area contributed by atoms with E-state index in [1.807, 2.05) is 0 Å². The van der Waals surface area contributed by atoms with Gasteiger partial charge in [-0.15, -0.1) is 0 Å². The average molecular weight is 362 g/mol. The number of rotatable bonds is 3. The van der Waals surface area contributed by atoms with Crippen molar-refractivity contribution in [1.29, 1.82) is 0 Å². The molecule has 0 unspecified atom stereocenters. The molecule has 0 atom stereocenters. The number of benzene rings is 2. The van der Waals surface area contributed by atoms with Gasteiger partial charge in [0.05, 0.1) is 17.7 Å². The molecule has 3 rings (SSSR count). The molecule has 1 N–H and O–H groups in total. The minimum absolute atomic E-state index is 0.0414. The molecule has 2 aromatic carbocycles. The van der Waals surface area contributed by atoms with Crippen LogP contribution in [0.2, 0.25) is 5.02 Å². The lowest BCUT2D eigenvalue weighted by molar-refractivity contribution is -0.113. The van der Waals surface area contributed by atoms with E-state index in [0.717, 1.165) is 16.7 Å². The van der Waals surface area contributed by atoms with E-state index >= 15 is 0 Å². The van der Waals surface area contributed by atoms with Crippen molar-refractivity contribution in [2.24, 2.45) is 0 Å². The van der Waals surface area contributed by atoms with E-state index in [9.17, 15) is 14.7 Å². The second-order valence-electron chi connectivity index (χ2n) is 4.93. The van der Waals surface area contributed by atoms with Crippen LogP contribution in [0.5, 0.6) is 11.5 Å². The van der Waals surface area contributed by atoms with Crippen LogP contribution in [0.3, 0.4) is 0 Å². The average Bonchev–Trinajstić information content (AvgIpc) is 2.81. The third kappa shape index (κ3) is 3.11. The molecule has 7 heteroatoms. The van der Waals surface area contributed by atoms with Gasteiger partial charge in [-0.2, -0.15) is 0 Å². The fraction of sp³-hybridized carbons (Fsp3) is 0.0588. The van der Waals surface area contributed by atoms with Crippen molar-refractivity contribution in [3.05, 3.63) is 58.0 Å². The number of methoxy groups -OCH3 is 1. The second-order valence-corrected chi connectivity index (χ2v) is 6.36. The van der Waals surface area contributed by atoms with Gasteiger partial charge in [0.15, 0.2) is 11.5 Å². The molecule has 1 fully saturated rings. The van der Waals surface area contributed by atoms with Crippen LogP contribution in [0.1, 0.15) is 5.56 Å². The van der Waals surface area contributed by atoms with Gasteiger partial charge < -0.3 is 9.84 Å². The summed E-state index contributed by atoms with van der Waals surface area (Å²) in [6.45, 7) is 0. The maximum atomic E-state index is 12.5. The molecule has 1 aliphatic rings. The first-order valence-electron chi connectivity index (χ1n) is 6.90. The number of anilines is 1. The molecule has 1 heterocycles. The van der Waals surface area contributed by atoms with Gasteiger partial charge in [0, 0.05) is 5.02 Å². The number of carbonyl (C=O) groups excluding carboxylic acids is 2. The van der Waals surface area contributed by atoms with Crippen LogP contribution in [0.15, 0.2) is 47.4 Å². The van der Waals surface area contributed by atoms with Crippen LogP contribution in [0.25, 0.3) is 6.08 Å². The highest BCUT2D eigenvalue weighted by Gasteiger charge is 2.36. The molecule has 122 valence electrons. The van der Waals surface area contributed by atoms with Gasteiger partial charge in [0.2, 0.25) is 0 Å². The largest absolute Gasteiger partial charge is 0.504 e. The summed E-state index contributed by atoms with van der Waals surface area (Å²) in [7, 11) is 1.45. The monoisotopic (exact) mass is 361 g/mol. The Morgan fingerprint density at radius 1 is 1.21 bits per heavy atom. The predicted octanol–water partition coefficient (Wildman–Crippen LogP) is 4.30. The van der Waals surface area contributed by atoms with Crippen LogP contribution in [-0.4, -0.2) is 23.4 Å². The number of imide groups is 1. The quantitative estimate of drug-likeness (QED) is 0.826. The first kappa shape index (κ1) is 16.4. The van der Waals surface area contributed by atoms with Crippen molar-refractivity contribution >= 4 is 46.3 Å². The molecule has 1 saturated heterocycles. The smallest absolute Gasteiger partial charge is 0.298 e.